The summed E-state index contributed by atoms with van der Waals surface area (Å²) >= 11 is 0. The van der Waals surface area contributed by atoms with Gasteiger partial charge in [0.05, 0.1) is 12.3 Å². The molecule has 88 valence electrons. The summed E-state index contributed by atoms with van der Waals surface area (Å²) in [7, 11) is 0. The Kier molecular flexibility index (Phi) is 2.59. The zero-order chi connectivity index (χ0) is 11.0. The van der Waals surface area contributed by atoms with E-state index in [1.165, 1.54) is 19.3 Å². The highest BCUT2D eigenvalue weighted by Gasteiger charge is 2.26. The molecular weight excluding hydrogens is 202 g/mol. The third kappa shape index (κ3) is 2.07. The van der Waals surface area contributed by atoms with Crippen LogP contribution in [0.15, 0.2) is 6.20 Å². The summed E-state index contributed by atoms with van der Waals surface area (Å²) in [6, 6.07) is 0.698. The molecule has 0 spiro atoms. The highest BCUT2D eigenvalue weighted by molar-refractivity contribution is 5.30. The molecule has 0 amide bonds. The molecule has 16 heavy (non-hydrogen) atoms. The lowest BCUT2D eigenvalue weighted by Crippen LogP contribution is -2.16. The first-order chi connectivity index (χ1) is 7.83. The van der Waals surface area contributed by atoms with E-state index in [0.29, 0.717) is 12.0 Å². The standard InChI is InChI=1S/C12H19N3O/c1-9-7-15(11-2-3-11)12(14-9)13-6-10-4-5-16-8-10/h7,10-11H,2-6,8H2,1H3,(H,13,14). The maximum atomic E-state index is 5.37. The van der Waals surface area contributed by atoms with E-state index in [2.05, 4.69) is 28.0 Å². The first-order valence-corrected chi connectivity index (χ1v) is 6.20. The van der Waals surface area contributed by atoms with Crippen LogP contribution in [-0.4, -0.2) is 29.3 Å². The van der Waals surface area contributed by atoms with Gasteiger partial charge in [0.2, 0.25) is 5.95 Å². The summed E-state index contributed by atoms with van der Waals surface area (Å²) in [4.78, 5) is 4.54. The number of aryl methyl sites for hydroxylation is 1. The van der Waals surface area contributed by atoms with E-state index in [4.69, 9.17) is 4.74 Å². The van der Waals surface area contributed by atoms with E-state index in [1.807, 2.05) is 0 Å². The second-order valence-corrected chi connectivity index (χ2v) is 4.95. The van der Waals surface area contributed by atoms with Gasteiger partial charge < -0.3 is 14.6 Å². The molecule has 2 fully saturated rings. The fourth-order valence-corrected chi connectivity index (χ4v) is 2.26. The maximum Gasteiger partial charge on any atom is 0.203 e. The molecule has 1 N–H and O–H groups in total. The van der Waals surface area contributed by atoms with Crippen LogP contribution in [0.1, 0.15) is 31.0 Å². The summed E-state index contributed by atoms with van der Waals surface area (Å²) in [5.41, 5.74) is 1.11. The average molecular weight is 221 g/mol. The minimum atomic E-state index is 0.657. The second kappa shape index (κ2) is 4.09. The van der Waals surface area contributed by atoms with Crippen LogP contribution in [0.2, 0.25) is 0 Å². The second-order valence-electron chi connectivity index (χ2n) is 4.95. The monoisotopic (exact) mass is 221 g/mol. The Morgan fingerprint density at radius 1 is 1.50 bits per heavy atom. The van der Waals surface area contributed by atoms with Crippen LogP contribution < -0.4 is 5.32 Å². The molecule has 0 bridgehead atoms. The Morgan fingerprint density at radius 2 is 2.38 bits per heavy atom. The Bertz CT molecular complexity index is 364. The van der Waals surface area contributed by atoms with Crippen LogP contribution in [0.25, 0.3) is 0 Å². The van der Waals surface area contributed by atoms with E-state index in [-0.39, 0.29) is 0 Å². The Morgan fingerprint density at radius 3 is 3.06 bits per heavy atom. The topological polar surface area (TPSA) is 39.1 Å². The lowest BCUT2D eigenvalue weighted by molar-refractivity contribution is 0.187. The largest absolute Gasteiger partial charge is 0.381 e. The minimum Gasteiger partial charge on any atom is -0.381 e. The fraction of sp³-hybridized carbons (Fsp3) is 0.750. The van der Waals surface area contributed by atoms with Gasteiger partial charge in [-0.1, -0.05) is 0 Å². The smallest absolute Gasteiger partial charge is 0.203 e. The van der Waals surface area contributed by atoms with Gasteiger partial charge in [0.25, 0.3) is 0 Å². The average Bonchev–Trinajstić information content (AvgIpc) is 2.85. The Labute approximate surface area is 96.0 Å². The van der Waals surface area contributed by atoms with E-state index in [0.717, 1.165) is 31.4 Å². The van der Waals surface area contributed by atoms with Crippen LogP contribution in [0.4, 0.5) is 5.95 Å². The molecule has 0 aromatic carbocycles. The molecule has 1 saturated heterocycles. The molecule has 4 heteroatoms. The normalized spacial score (nSPS) is 24.9. The van der Waals surface area contributed by atoms with Crippen molar-refractivity contribution in [3.8, 4) is 0 Å². The van der Waals surface area contributed by atoms with Crippen molar-refractivity contribution in [1.82, 2.24) is 9.55 Å². The zero-order valence-corrected chi connectivity index (χ0v) is 9.78. The molecule has 1 unspecified atom stereocenters. The van der Waals surface area contributed by atoms with Crippen molar-refractivity contribution in [1.29, 1.82) is 0 Å². The number of rotatable bonds is 4. The summed E-state index contributed by atoms with van der Waals surface area (Å²) in [5, 5.41) is 3.47. The van der Waals surface area contributed by atoms with Crippen LogP contribution in [0, 0.1) is 12.8 Å². The third-order valence-corrected chi connectivity index (χ3v) is 3.37. The predicted octanol–water partition coefficient (Wildman–Crippen LogP) is 1.97. The molecule has 1 saturated carbocycles. The zero-order valence-electron chi connectivity index (χ0n) is 9.78. The van der Waals surface area contributed by atoms with Crippen LogP contribution in [0.5, 0.6) is 0 Å². The molecule has 2 heterocycles. The van der Waals surface area contributed by atoms with Gasteiger partial charge in [-0.15, -0.1) is 0 Å². The number of hydrogen-bond acceptors (Lipinski definition) is 3. The van der Waals surface area contributed by atoms with Crippen molar-refractivity contribution in [3.63, 3.8) is 0 Å². The number of ether oxygens (including phenoxy) is 1. The first-order valence-electron chi connectivity index (χ1n) is 6.20. The van der Waals surface area contributed by atoms with Crippen LogP contribution >= 0.6 is 0 Å². The number of nitrogens with zero attached hydrogens (tertiary/aromatic N) is 2. The lowest BCUT2D eigenvalue weighted by Gasteiger charge is -2.11. The van der Waals surface area contributed by atoms with Gasteiger partial charge in [0.1, 0.15) is 0 Å². The molecule has 4 nitrogen and oxygen atoms in total. The van der Waals surface area contributed by atoms with Crippen molar-refractivity contribution in [2.24, 2.45) is 5.92 Å². The lowest BCUT2D eigenvalue weighted by atomic mass is 10.1. The molecule has 1 atom stereocenters. The van der Waals surface area contributed by atoms with Gasteiger partial charge in [-0.05, 0) is 26.2 Å². The first kappa shape index (κ1) is 10.1. The van der Waals surface area contributed by atoms with Crippen LogP contribution in [-0.2, 0) is 4.74 Å². The quantitative estimate of drug-likeness (QED) is 0.845. The van der Waals surface area contributed by atoms with E-state index >= 15 is 0 Å². The molecule has 2 aliphatic rings. The summed E-state index contributed by atoms with van der Waals surface area (Å²) in [5.74, 6) is 1.71. The summed E-state index contributed by atoms with van der Waals surface area (Å²) < 4.78 is 7.67. The third-order valence-electron chi connectivity index (χ3n) is 3.37. The van der Waals surface area contributed by atoms with Gasteiger partial charge in [-0.25, -0.2) is 4.98 Å². The maximum absolute atomic E-state index is 5.37. The molecule has 1 aromatic heterocycles. The molecule has 1 aliphatic heterocycles. The molecule has 1 aliphatic carbocycles. The van der Waals surface area contributed by atoms with E-state index < -0.39 is 0 Å². The SMILES string of the molecule is Cc1cn(C2CC2)c(NCC2CCOC2)n1. The molecule has 3 rings (SSSR count). The predicted molar refractivity (Wildman–Crippen MR) is 62.7 cm³/mol. The number of nitrogens with one attached hydrogen (secondary N) is 1. The van der Waals surface area contributed by atoms with E-state index in [1.54, 1.807) is 0 Å². The van der Waals surface area contributed by atoms with Gasteiger partial charge in [0.15, 0.2) is 0 Å². The van der Waals surface area contributed by atoms with Crippen molar-refractivity contribution in [3.05, 3.63) is 11.9 Å². The van der Waals surface area contributed by atoms with Crippen LogP contribution in [0.3, 0.4) is 0 Å². The van der Waals surface area contributed by atoms with Gasteiger partial charge >= 0.3 is 0 Å². The van der Waals surface area contributed by atoms with Crippen molar-refractivity contribution < 1.29 is 4.74 Å². The van der Waals surface area contributed by atoms with Crippen molar-refractivity contribution >= 4 is 5.95 Å². The molecule has 1 aromatic rings. The van der Waals surface area contributed by atoms with Gasteiger partial charge in [-0.3, -0.25) is 0 Å². The van der Waals surface area contributed by atoms with E-state index in [9.17, 15) is 0 Å². The van der Waals surface area contributed by atoms with Gasteiger partial charge in [-0.2, -0.15) is 0 Å². The summed E-state index contributed by atoms with van der Waals surface area (Å²) in [6.07, 6.45) is 5.94. The molecular formula is C12H19N3O. The van der Waals surface area contributed by atoms with Gasteiger partial charge in [0, 0.05) is 31.3 Å². The number of aromatic nitrogens is 2. The highest BCUT2D eigenvalue weighted by atomic mass is 16.5. The van der Waals surface area contributed by atoms with Crippen molar-refractivity contribution in [2.75, 3.05) is 25.1 Å². The number of anilines is 1. The van der Waals surface area contributed by atoms with Crippen molar-refractivity contribution in [2.45, 2.75) is 32.2 Å². The fourth-order valence-electron chi connectivity index (χ4n) is 2.26. The Balaban J connectivity index is 1.63. The highest BCUT2D eigenvalue weighted by Crippen LogP contribution is 2.37. The number of hydrogen-bond donors (Lipinski definition) is 1. The minimum absolute atomic E-state index is 0.657. The molecule has 0 radical (unpaired) electrons. The number of imidazole rings is 1. The Hall–Kier alpha value is -1.03. The summed E-state index contributed by atoms with van der Waals surface area (Å²) in [6.45, 7) is 4.87.